The smallest absolute Gasteiger partial charge is 0.339 e. The van der Waals surface area contributed by atoms with Gasteiger partial charge in [0.05, 0.1) is 0 Å². The molecule has 5 nitrogen and oxygen atoms in total. The van der Waals surface area contributed by atoms with E-state index in [2.05, 4.69) is 0 Å². The lowest BCUT2D eigenvalue weighted by Gasteiger charge is -2.32. The predicted molar refractivity (Wildman–Crippen MR) is 105 cm³/mol. The minimum absolute atomic E-state index is 0.368. The lowest BCUT2D eigenvalue weighted by atomic mass is 10.0. The van der Waals surface area contributed by atoms with Crippen molar-refractivity contribution in [3.8, 4) is 5.06 Å². The highest BCUT2D eigenvalue weighted by atomic mass is 35.5. The molecule has 0 amide bonds. The van der Waals surface area contributed by atoms with Crippen LogP contribution in [-0.2, 0) is 22.6 Å². The first-order valence-electron chi connectivity index (χ1n) is 8.58. The molecule has 0 saturated carbocycles. The van der Waals surface area contributed by atoms with Gasteiger partial charge >= 0.3 is 11.9 Å². The molecule has 1 aromatic carbocycles. The van der Waals surface area contributed by atoms with E-state index in [1.54, 1.807) is 44.2 Å². The molecule has 0 bridgehead atoms. The Bertz CT molecular complexity index is 905. The Kier molecular flexibility index (Phi) is 5.99. The maximum atomic E-state index is 12.0. The van der Waals surface area contributed by atoms with E-state index < -0.39 is 12.0 Å². The molecule has 2 heterocycles. The van der Waals surface area contributed by atoms with Crippen molar-refractivity contribution < 1.29 is 19.4 Å². The topological polar surface area (TPSA) is 66.8 Å². The van der Waals surface area contributed by atoms with E-state index in [1.165, 1.54) is 11.3 Å². The van der Waals surface area contributed by atoms with Crippen LogP contribution in [0.25, 0.3) is 0 Å². The molecule has 0 spiro atoms. The van der Waals surface area contributed by atoms with E-state index in [1.807, 2.05) is 11.0 Å². The zero-order chi connectivity index (χ0) is 19.6. The summed E-state index contributed by atoms with van der Waals surface area (Å²) in [6, 6.07) is 8.04. The van der Waals surface area contributed by atoms with Gasteiger partial charge in [0.25, 0.3) is 0 Å². The monoisotopic (exact) mass is 405 g/mol. The highest BCUT2D eigenvalue weighted by molar-refractivity contribution is 7.14. The van der Waals surface area contributed by atoms with Crippen molar-refractivity contribution in [1.82, 2.24) is 4.90 Å². The second-order valence-corrected chi connectivity index (χ2v) is 7.86. The summed E-state index contributed by atoms with van der Waals surface area (Å²) in [5.74, 6) is -1.30. The van der Waals surface area contributed by atoms with Gasteiger partial charge in [0.1, 0.15) is 6.04 Å². The number of hydrogen-bond acceptors (Lipinski definition) is 5. The molecule has 1 N–H and O–H groups in total. The number of allylic oxidation sites excluding steroid dienone is 1. The van der Waals surface area contributed by atoms with Crippen molar-refractivity contribution in [2.75, 3.05) is 6.54 Å². The minimum atomic E-state index is -0.933. The molecule has 1 aliphatic heterocycles. The molecule has 1 atom stereocenters. The molecular formula is C20H20ClNO4S. The quantitative estimate of drug-likeness (QED) is 0.587. The molecule has 142 valence electrons. The third kappa shape index (κ3) is 4.24. The number of esters is 1. The lowest BCUT2D eigenvalue weighted by molar-refractivity contribution is -0.144. The number of carbonyl (C=O) groups is 2. The van der Waals surface area contributed by atoms with Gasteiger partial charge in [-0.1, -0.05) is 35.9 Å². The maximum Gasteiger partial charge on any atom is 0.339 e. The van der Waals surface area contributed by atoms with Crippen LogP contribution in [0.15, 0.2) is 42.0 Å². The van der Waals surface area contributed by atoms with Gasteiger partial charge in [0.2, 0.25) is 0 Å². The Balaban J connectivity index is 1.82. The van der Waals surface area contributed by atoms with E-state index in [0.717, 1.165) is 10.4 Å². The molecule has 2 aromatic rings. The molecule has 1 aliphatic rings. The fourth-order valence-electron chi connectivity index (χ4n) is 3.07. The molecule has 7 heteroatoms. The van der Waals surface area contributed by atoms with E-state index in [-0.39, 0.29) is 5.97 Å². The second kappa shape index (κ2) is 8.25. The molecule has 0 saturated heterocycles. The lowest BCUT2D eigenvalue weighted by Crippen LogP contribution is -2.37. The number of carboxylic acid groups (broad SMARTS) is 1. The first-order valence-corrected chi connectivity index (χ1v) is 9.78. The number of fused-ring (bicyclic) bond motifs is 1. The van der Waals surface area contributed by atoms with Gasteiger partial charge < -0.3 is 9.84 Å². The summed E-state index contributed by atoms with van der Waals surface area (Å²) in [5, 5.41) is 10.8. The van der Waals surface area contributed by atoms with E-state index in [4.69, 9.17) is 16.3 Å². The van der Waals surface area contributed by atoms with Gasteiger partial charge in [-0.3, -0.25) is 9.69 Å². The first-order chi connectivity index (χ1) is 12.9. The average molecular weight is 406 g/mol. The fourth-order valence-corrected chi connectivity index (χ4v) is 4.32. The highest BCUT2D eigenvalue weighted by Gasteiger charge is 2.32. The van der Waals surface area contributed by atoms with Crippen LogP contribution in [0, 0.1) is 0 Å². The van der Waals surface area contributed by atoms with Gasteiger partial charge in [-0.15, -0.1) is 11.3 Å². The Hall–Kier alpha value is -2.15. The number of halogens is 1. The Labute approximate surface area is 166 Å². The number of ether oxygens (including phenoxy) is 1. The third-order valence-electron chi connectivity index (χ3n) is 4.62. The van der Waals surface area contributed by atoms with Gasteiger partial charge in [-0.25, -0.2) is 4.79 Å². The zero-order valence-electron chi connectivity index (χ0n) is 15.1. The third-order valence-corrected chi connectivity index (χ3v) is 6.08. The average Bonchev–Trinajstić information content (AvgIpc) is 3.04. The van der Waals surface area contributed by atoms with Crippen molar-refractivity contribution in [3.05, 3.63) is 63.0 Å². The highest BCUT2D eigenvalue weighted by Crippen LogP contribution is 2.37. The largest absolute Gasteiger partial charge is 0.480 e. The Morgan fingerprint density at radius 3 is 2.78 bits per heavy atom. The van der Waals surface area contributed by atoms with Gasteiger partial charge in [0, 0.05) is 28.6 Å². The fraction of sp³-hybridized carbons (Fsp3) is 0.300. The minimum Gasteiger partial charge on any atom is -0.480 e. The van der Waals surface area contributed by atoms with Crippen molar-refractivity contribution >= 4 is 34.9 Å². The van der Waals surface area contributed by atoms with Crippen molar-refractivity contribution in [2.45, 2.75) is 32.9 Å². The number of benzene rings is 1. The Morgan fingerprint density at radius 2 is 2.11 bits per heavy atom. The summed E-state index contributed by atoms with van der Waals surface area (Å²) < 4.78 is 5.42. The summed E-state index contributed by atoms with van der Waals surface area (Å²) >= 11 is 7.68. The molecular weight excluding hydrogens is 386 g/mol. The number of hydrogen-bond donors (Lipinski definition) is 1. The molecule has 1 aromatic heterocycles. The summed E-state index contributed by atoms with van der Waals surface area (Å²) in [7, 11) is 0. The molecule has 3 rings (SSSR count). The maximum absolute atomic E-state index is 12.0. The molecule has 27 heavy (non-hydrogen) atoms. The van der Waals surface area contributed by atoms with Crippen LogP contribution in [0.3, 0.4) is 0 Å². The molecule has 1 unspecified atom stereocenters. The number of rotatable bonds is 5. The number of carbonyl (C=O) groups excluding carboxylic acids is 1. The standard InChI is InChI=1S/C20H20ClNO4S/c1-3-12(2)20(25)26-17-10-13-11-22(9-8-16(13)27-17)18(19(23)24)14-6-4-5-7-15(14)21/h3-7,10,18H,8-9,11H2,1-2H3,(H,23,24)/b12-3+. The van der Waals surface area contributed by atoms with Crippen LogP contribution < -0.4 is 4.74 Å². The summed E-state index contributed by atoms with van der Waals surface area (Å²) in [5.41, 5.74) is 2.12. The van der Waals surface area contributed by atoms with E-state index in [0.29, 0.717) is 40.7 Å². The van der Waals surface area contributed by atoms with Crippen molar-refractivity contribution in [3.63, 3.8) is 0 Å². The summed E-state index contributed by atoms with van der Waals surface area (Å²) in [6.45, 7) is 4.55. The van der Waals surface area contributed by atoms with Crippen LogP contribution in [0.2, 0.25) is 5.02 Å². The second-order valence-electron chi connectivity index (χ2n) is 6.36. The van der Waals surface area contributed by atoms with E-state index >= 15 is 0 Å². The number of nitrogens with zero attached hydrogens (tertiary/aromatic N) is 1. The van der Waals surface area contributed by atoms with Crippen molar-refractivity contribution in [2.24, 2.45) is 0 Å². The molecule has 0 radical (unpaired) electrons. The van der Waals surface area contributed by atoms with E-state index in [9.17, 15) is 14.7 Å². The van der Waals surface area contributed by atoms with Crippen LogP contribution in [0.1, 0.15) is 35.9 Å². The summed E-state index contributed by atoms with van der Waals surface area (Å²) in [4.78, 5) is 26.9. The van der Waals surface area contributed by atoms with Crippen LogP contribution in [0.5, 0.6) is 5.06 Å². The van der Waals surface area contributed by atoms with Crippen molar-refractivity contribution in [1.29, 1.82) is 0 Å². The zero-order valence-corrected chi connectivity index (χ0v) is 16.6. The van der Waals surface area contributed by atoms with Gasteiger partial charge in [-0.05, 0) is 43.5 Å². The van der Waals surface area contributed by atoms with Crippen LogP contribution in [0.4, 0.5) is 0 Å². The first kappa shape index (κ1) is 19.6. The molecule has 0 fully saturated rings. The number of thiophene rings is 1. The van der Waals surface area contributed by atoms with Crippen LogP contribution in [-0.4, -0.2) is 28.5 Å². The SMILES string of the molecule is C/C=C(\C)C(=O)Oc1cc2c(s1)CCN(C(C(=O)O)c1ccccc1Cl)C2. The van der Waals surface area contributed by atoms with Gasteiger partial charge in [0.15, 0.2) is 5.06 Å². The summed E-state index contributed by atoms with van der Waals surface area (Å²) in [6.07, 6.45) is 2.41. The van der Waals surface area contributed by atoms with Crippen LogP contribution >= 0.6 is 22.9 Å². The van der Waals surface area contributed by atoms with Gasteiger partial charge in [-0.2, -0.15) is 0 Å². The normalized spacial score (nSPS) is 15.9. The molecule has 0 aliphatic carbocycles. The number of aliphatic carboxylic acids is 1. The predicted octanol–water partition coefficient (Wildman–Crippen LogP) is 4.46. The number of carboxylic acids is 1. The Morgan fingerprint density at radius 1 is 1.37 bits per heavy atom.